The van der Waals surface area contributed by atoms with E-state index in [2.05, 4.69) is 10.5 Å². The van der Waals surface area contributed by atoms with E-state index in [0.717, 1.165) is 27.8 Å². The number of nitrogens with zero attached hydrogens (tertiary/aromatic N) is 2. The number of para-hydroxylation sites is 1. The van der Waals surface area contributed by atoms with Crippen molar-refractivity contribution in [1.82, 2.24) is 5.43 Å². The number of hydrazone groups is 1. The third-order valence-electron chi connectivity index (χ3n) is 8.51. The van der Waals surface area contributed by atoms with Gasteiger partial charge in [-0.2, -0.15) is 5.10 Å². The molecule has 3 aliphatic carbocycles. The van der Waals surface area contributed by atoms with E-state index in [1.54, 1.807) is 54.7 Å². The van der Waals surface area contributed by atoms with E-state index in [1.807, 2.05) is 48.5 Å². The van der Waals surface area contributed by atoms with Crippen molar-refractivity contribution in [2.24, 2.45) is 16.9 Å². The van der Waals surface area contributed by atoms with Gasteiger partial charge in [-0.1, -0.05) is 96.0 Å². The topological polar surface area (TPSA) is 78.8 Å². The van der Waals surface area contributed by atoms with Gasteiger partial charge in [0.05, 0.1) is 34.4 Å². The van der Waals surface area contributed by atoms with Crippen LogP contribution in [0.15, 0.2) is 102 Å². The molecule has 0 saturated carbocycles. The molecule has 4 aromatic rings. The monoisotopic (exact) mass is 579 g/mol. The van der Waals surface area contributed by atoms with Gasteiger partial charge in [0.2, 0.25) is 17.7 Å². The molecule has 0 radical (unpaired) electrons. The Balaban J connectivity index is 1.35. The molecule has 3 amide bonds. The molecule has 2 bridgehead atoms. The normalized spacial score (nSPS) is 23.9. The summed E-state index contributed by atoms with van der Waals surface area (Å²) < 4.78 is 0. The van der Waals surface area contributed by atoms with Crippen molar-refractivity contribution in [2.75, 3.05) is 4.90 Å². The standard InChI is InChI=1S/C33H23Cl2N3O3/c34-20-15-13-19(14-16-20)17-27(39)37-36-18-33-23-9-3-1-7-21(23)28(22-8-2-4-10-24(22)33)29-30(33)32(41)38(31(29)40)26-12-6-5-11-25(26)35/h1-16,18,28-30H,17H2,(H,37,39)/b36-18-/t28?,29-,30-,33?/m1/s1. The molecule has 202 valence electrons. The number of rotatable bonds is 5. The first-order chi connectivity index (χ1) is 19.9. The second kappa shape index (κ2) is 9.68. The molecule has 1 fully saturated rings. The maximum absolute atomic E-state index is 14.4. The number of amides is 3. The molecule has 41 heavy (non-hydrogen) atoms. The zero-order valence-electron chi connectivity index (χ0n) is 21.6. The smallest absolute Gasteiger partial charge is 0.244 e. The van der Waals surface area contributed by atoms with Gasteiger partial charge in [-0.15, -0.1) is 0 Å². The minimum absolute atomic E-state index is 0.112. The number of hydrogen-bond acceptors (Lipinski definition) is 4. The van der Waals surface area contributed by atoms with Crippen molar-refractivity contribution in [3.05, 3.63) is 135 Å². The van der Waals surface area contributed by atoms with Gasteiger partial charge >= 0.3 is 0 Å². The molecule has 1 aliphatic heterocycles. The van der Waals surface area contributed by atoms with Crippen LogP contribution in [0.25, 0.3) is 0 Å². The number of carbonyl (C=O) groups excluding carboxylic acids is 3. The molecule has 1 heterocycles. The lowest BCUT2D eigenvalue weighted by atomic mass is 9.47. The maximum atomic E-state index is 14.4. The molecular weight excluding hydrogens is 557 g/mol. The summed E-state index contributed by atoms with van der Waals surface area (Å²) in [4.78, 5) is 42.6. The van der Waals surface area contributed by atoms with E-state index in [4.69, 9.17) is 23.2 Å². The SMILES string of the molecule is O=C(Cc1ccc(Cl)cc1)N/N=C\C12c3ccccc3C(c3ccccc31)[C@H]1C(=O)N(c3ccccc3Cl)C(=O)[C@@H]12. The van der Waals surface area contributed by atoms with Crippen LogP contribution in [0.1, 0.15) is 33.7 Å². The molecule has 1 saturated heterocycles. The summed E-state index contributed by atoms with van der Waals surface area (Å²) in [5.74, 6) is -2.65. The predicted molar refractivity (Wildman–Crippen MR) is 158 cm³/mol. The maximum Gasteiger partial charge on any atom is 0.244 e. The van der Waals surface area contributed by atoms with Gasteiger partial charge in [0.25, 0.3) is 0 Å². The van der Waals surface area contributed by atoms with Crippen molar-refractivity contribution >= 4 is 52.8 Å². The summed E-state index contributed by atoms with van der Waals surface area (Å²) >= 11 is 12.5. The Morgan fingerprint density at radius 3 is 2.10 bits per heavy atom. The number of imide groups is 1. The van der Waals surface area contributed by atoms with Gasteiger partial charge in [-0.25, -0.2) is 10.3 Å². The van der Waals surface area contributed by atoms with Crippen LogP contribution in [0.4, 0.5) is 5.69 Å². The Kier molecular flexibility index (Phi) is 6.07. The van der Waals surface area contributed by atoms with E-state index in [9.17, 15) is 14.4 Å². The first-order valence-electron chi connectivity index (χ1n) is 13.3. The number of nitrogens with one attached hydrogen (secondary N) is 1. The first kappa shape index (κ1) is 25.7. The van der Waals surface area contributed by atoms with Gasteiger partial charge in [0.1, 0.15) is 0 Å². The van der Waals surface area contributed by atoms with Crippen LogP contribution >= 0.6 is 23.2 Å². The summed E-state index contributed by atoms with van der Waals surface area (Å²) in [6.45, 7) is 0. The van der Waals surface area contributed by atoms with E-state index in [1.165, 1.54) is 4.90 Å². The highest BCUT2D eigenvalue weighted by molar-refractivity contribution is 6.36. The molecule has 8 rings (SSSR count). The number of hydrogen-bond donors (Lipinski definition) is 1. The highest BCUT2D eigenvalue weighted by Gasteiger charge is 2.68. The average Bonchev–Trinajstić information content (AvgIpc) is 3.25. The number of carbonyl (C=O) groups is 3. The second-order valence-electron chi connectivity index (χ2n) is 10.6. The molecule has 2 atom stereocenters. The Morgan fingerprint density at radius 2 is 1.44 bits per heavy atom. The minimum atomic E-state index is -1.08. The van der Waals surface area contributed by atoms with Crippen LogP contribution in [0.5, 0.6) is 0 Å². The molecule has 4 aliphatic rings. The third-order valence-corrected chi connectivity index (χ3v) is 9.08. The lowest BCUT2D eigenvalue weighted by Gasteiger charge is -2.52. The fourth-order valence-corrected chi connectivity index (χ4v) is 7.30. The summed E-state index contributed by atoms with van der Waals surface area (Å²) in [5.41, 5.74) is 6.51. The van der Waals surface area contributed by atoms with Gasteiger partial charge in [0.15, 0.2) is 0 Å². The lowest BCUT2D eigenvalue weighted by Crippen LogP contribution is -2.54. The highest BCUT2D eigenvalue weighted by Crippen LogP contribution is 2.63. The third kappa shape index (κ3) is 3.78. The van der Waals surface area contributed by atoms with Crippen molar-refractivity contribution < 1.29 is 14.4 Å². The quantitative estimate of drug-likeness (QED) is 0.182. The van der Waals surface area contributed by atoms with E-state index in [-0.39, 0.29) is 30.1 Å². The van der Waals surface area contributed by atoms with Gasteiger partial charge in [-0.05, 0) is 52.1 Å². The van der Waals surface area contributed by atoms with Crippen molar-refractivity contribution in [3.63, 3.8) is 0 Å². The van der Waals surface area contributed by atoms with Crippen molar-refractivity contribution in [1.29, 1.82) is 0 Å². The fourth-order valence-electron chi connectivity index (χ4n) is 6.95. The minimum Gasteiger partial charge on any atom is -0.274 e. The van der Waals surface area contributed by atoms with Crippen molar-refractivity contribution in [3.8, 4) is 0 Å². The van der Waals surface area contributed by atoms with Crippen LogP contribution in [0.2, 0.25) is 10.0 Å². The molecule has 1 N–H and O–H groups in total. The summed E-state index contributed by atoms with van der Waals surface area (Å²) in [7, 11) is 0. The second-order valence-corrected chi connectivity index (χ2v) is 11.4. The summed E-state index contributed by atoms with van der Waals surface area (Å²) in [6.07, 6.45) is 1.76. The van der Waals surface area contributed by atoms with E-state index in [0.29, 0.717) is 15.7 Å². The molecule has 0 spiro atoms. The number of halogens is 2. The molecule has 0 unspecified atom stereocenters. The Labute approximate surface area is 246 Å². The van der Waals surface area contributed by atoms with Crippen LogP contribution in [-0.2, 0) is 26.2 Å². The Hall–Kier alpha value is -4.26. The van der Waals surface area contributed by atoms with Gasteiger partial charge in [0, 0.05) is 17.2 Å². The van der Waals surface area contributed by atoms with Crippen LogP contribution in [0, 0.1) is 11.8 Å². The Bertz CT molecular complexity index is 1720. The molecule has 6 nitrogen and oxygen atoms in total. The van der Waals surface area contributed by atoms with E-state index >= 15 is 0 Å². The number of benzene rings is 4. The zero-order valence-corrected chi connectivity index (χ0v) is 23.1. The van der Waals surface area contributed by atoms with Crippen molar-refractivity contribution in [2.45, 2.75) is 17.8 Å². The summed E-state index contributed by atoms with van der Waals surface area (Å²) in [6, 6.07) is 29.7. The van der Waals surface area contributed by atoms with E-state index < -0.39 is 17.3 Å². The largest absolute Gasteiger partial charge is 0.274 e. The Morgan fingerprint density at radius 1 is 0.829 bits per heavy atom. The zero-order chi connectivity index (χ0) is 28.3. The lowest BCUT2D eigenvalue weighted by molar-refractivity contribution is -0.123. The summed E-state index contributed by atoms with van der Waals surface area (Å²) in [5, 5.41) is 5.37. The van der Waals surface area contributed by atoms with Crippen LogP contribution < -0.4 is 10.3 Å². The predicted octanol–water partition coefficient (Wildman–Crippen LogP) is 5.89. The average molecular weight is 580 g/mol. The highest BCUT2D eigenvalue weighted by atomic mass is 35.5. The molecule has 8 heteroatoms. The molecule has 4 aromatic carbocycles. The number of anilines is 1. The van der Waals surface area contributed by atoms with Crippen LogP contribution in [-0.4, -0.2) is 23.9 Å². The first-order valence-corrected chi connectivity index (χ1v) is 14.1. The van der Waals surface area contributed by atoms with Gasteiger partial charge < -0.3 is 0 Å². The van der Waals surface area contributed by atoms with Crippen LogP contribution in [0.3, 0.4) is 0 Å². The molecule has 0 aromatic heterocycles. The van der Waals surface area contributed by atoms with Gasteiger partial charge in [-0.3, -0.25) is 14.4 Å². The molecular formula is C33H23Cl2N3O3. The fraction of sp³-hybridized carbons (Fsp3) is 0.152.